The van der Waals surface area contributed by atoms with Crippen LogP contribution in [0.5, 0.6) is 0 Å². The van der Waals surface area contributed by atoms with Gasteiger partial charge in [0.2, 0.25) is 0 Å². The molecule has 0 aliphatic heterocycles. The molecule has 0 N–H and O–H groups in total. The first kappa shape index (κ1) is 5.49. The van der Waals surface area contributed by atoms with Crippen LogP contribution in [0.3, 0.4) is 0 Å². The van der Waals surface area contributed by atoms with Crippen molar-refractivity contribution in [1.29, 1.82) is 0 Å². The van der Waals surface area contributed by atoms with E-state index in [9.17, 15) is 4.39 Å². The molecule has 0 atom stereocenters. The van der Waals surface area contributed by atoms with E-state index in [0.29, 0.717) is 6.42 Å². The number of hydrogen-bond donors (Lipinski definition) is 0. The molecule has 6 heavy (non-hydrogen) atoms. The third-order valence-corrected chi connectivity index (χ3v) is 0.373. The summed E-state index contributed by atoms with van der Waals surface area (Å²) in [7, 11) is 0. The summed E-state index contributed by atoms with van der Waals surface area (Å²) in [6.07, 6.45) is 3.64. The van der Waals surface area contributed by atoms with Gasteiger partial charge in [-0.15, -0.1) is 4.39 Å². The van der Waals surface area contributed by atoms with Crippen LogP contribution < -0.4 is 0 Å². The van der Waals surface area contributed by atoms with Crippen molar-refractivity contribution in [2.24, 2.45) is 0 Å². The Morgan fingerprint density at radius 1 is 1.83 bits per heavy atom. The van der Waals surface area contributed by atoms with Gasteiger partial charge in [0, 0.05) is 6.42 Å². The average molecular weight is 85.1 g/mol. The minimum atomic E-state index is 0.552. The van der Waals surface area contributed by atoms with Crippen LogP contribution in [0.25, 0.3) is 0 Å². The van der Waals surface area contributed by atoms with E-state index in [0.717, 1.165) is 0 Å². The molecular weight excluding hydrogens is 79.1 g/mol. The van der Waals surface area contributed by atoms with Crippen LogP contribution in [0.2, 0.25) is 0 Å². The summed E-state index contributed by atoms with van der Waals surface area (Å²) < 4.78 is 10.8. The fourth-order valence-electron chi connectivity index (χ4n) is 0.141. The molecule has 0 rings (SSSR count). The largest absolute Gasteiger partial charge is 0.144 e. The highest BCUT2D eigenvalue weighted by Crippen LogP contribution is 1.77. The fourth-order valence-corrected chi connectivity index (χ4v) is 0.141. The highest BCUT2D eigenvalue weighted by Gasteiger charge is 1.65. The zero-order valence-corrected chi connectivity index (χ0v) is 3.66. The molecule has 0 aliphatic rings. The Bertz CT molecular complexity index is 65.7. The van der Waals surface area contributed by atoms with Gasteiger partial charge < -0.3 is 0 Å². The monoisotopic (exact) mass is 85.0 g/mol. The van der Waals surface area contributed by atoms with Crippen molar-refractivity contribution in [2.45, 2.75) is 13.3 Å². The average Bonchev–Trinajstić information content (AvgIpc) is 1.61. The van der Waals surface area contributed by atoms with Gasteiger partial charge in [0.05, 0.1) is 0 Å². The normalized spacial score (nSPS) is 6.33. The van der Waals surface area contributed by atoms with Gasteiger partial charge in [-0.2, -0.15) is 0 Å². The molecule has 1 heteroatoms. The van der Waals surface area contributed by atoms with Gasteiger partial charge in [-0.1, -0.05) is 12.8 Å². The molecule has 0 aliphatic carbocycles. The van der Waals surface area contributed by atoms with E-state index in [1.54, 1.807) is 6.42 Å². The lowest BCUT2D eigenvalue weighted by atomic mass is 10.4. The van der Waals surface area contributed by atoms with Crippen LogP contribution in [0.15, 0.2) is 0 Å². The smallest absolute Gasteiger partial charge is 0.105 e. The van der Waals surface area contributed by atoms with Gasteiger partial charge in [-0.25, -0.2) is 0 Å². The molecule has 0 saturated carbocycles. The van der Waals surface area contributed by atoms with Gasteiger partial charge in [-0.05, 0) is 6.42 Å². The van der Waals surface area contributed by atoms with Gasteiger partial charge in [0.15, 0.2) is 0 Å². The molecule has 33 valence electrons. The quantitative estimate of drug-likeness (QED) is 0.423. The molecule has 0 nitrogen and oxygen atoms in total. The van der Waals surface area contributed by atoms with E-state index in [-0.39, 0.29) is 0 Å². The minimum Gasteiger partial charge on any atom is -0.144 e. The lowest BCUT2D eigenvalue weighted by molar-refractivity contribution is 0.771. The molecule has 0 spiro atoms. The maximum Gasteiger partial charge on any atom is 0.105 e. The molecule has 0 heterocycles. The molecule has 0 amide bonds. The summed E-state index contributed by atoms with van der Waals surface area (Å²) in [6.45, 7) is 1.84. The van der Waals surface area contributed by atoms with E-state index in [1.165, 1.54) is 6.17 Å². The van der Waals surface area contributed by atoms with E-state index >= 15 is 0 Å². The maximum atomic E-state index is 10.8. The third kappa shape index (κ3) is 3.49. The Labute approximate surface area is 37.4 Å². The van der Waals surface area contributed by atoms with Crippen molar-refractivity contribution in [2.75, 3.05) is 0 Å². The SMILES string of the molecule is C[CH]CC#CF. The number of hydrogen-bond acceptors (Lipinski definition) is 0. The Balaban J connectivity index is 2.79. The highest BCUT2D eigenvalue weighted by atomic mass is 19.1. The molecule has 0 aromatic rings. The van der Waals surface area contributed by atoms with Crippen molar-refractivity contribution in [3.05, 3.63) is 6.42 Å². The molecule has 0 bridgehead atoms. The molecule has 1 radical (unpaired) electrons. The summed E-state index contributed by atoms with van der Waals surface area (Å²) >= 11 is 0. The van der Waals surface area contributed by atoms with Crippen LogP contribution >= 0.6 is 0 Å². The highest BCUT2D eigenvalue weighted by molar-refractivity contribution is 4.93. The minimum absolute atomic E-state index is 0.552. The van der Waals surface area contributed by atoms with Gasteiger partial charge in [0.1, 0.15) is 6.17 Å². The van der Waals surface area contributed by atoms with Crippen LogP contribution in [0, 0.1) is 18.5 Å². The molecule has 0 aromatic heterocycles. The van der Waals surface area contributed by atoms with Gasteiger partial charge in [0.25, 0.3) is 0 Å². The van der Waals surface area contributed by atoms with E-state index in [4.69, 9.17) is 0 Å². The Morgan fingerprint density at radius 2 is 2.50 bits per heavy atom. The second-order valence-electron chi connectivity index (χ2n) is 0.884. The summed E-state index contributed by atoms with van der Waals surface area (Å²) in [5.74, 6) is 2.23. The first-order valence-electron chi connectivity index (χ1n) is 1.78. The number of unbranched alkanes of at least 4 members (excludes halogenated alkanes) is 1. The summed E-state index contributed by atoms with van der Waals surface area (Å²) in [5, 5.41) is 0. The van der Waals surface area contributed by atoms with Crippen LogP contribution in [0.4, 0.5) is 4.39 Å². The van der Waals surface area contributed by atoms with Crippen molar-refractivity contribution in [3.63, 3.8) is 0 Å². The second kappa shape index (κ2) is 4.49. The predicted molar refractivity (Wildman–Crippen MR) is 23.5 cm³/mol. The van der Waals surface area contributed by atoms with E-state index in [2.05, 4.69) is 5.92 Å². The summed E-state index contributed by atoms with van der Waals surface area (Å²) in [5.41, 5.74) is 0. The zero-order valence-electron chi connectivity index (χ0n) is 3.66. The standard InChI is InChI=1S/C5H6F/c1-2-3-4-5-6/h2H,3H2,1H3. The van der Waals surface area contributed by atoms with E-state index in [1.807, 2.05) is 6.92 Å². The van der Waals surface area contributed by atoms with Crippen molar-refractivity contribution >= 4 is 0 Å². The fraction of sp³-hybridized carbons (Fsp3) is 0.400. The maximum absolute atomic E-state index is 10.8. The topological polar surface area (TPSA) is 0 Å². The van der Waals surface area contributed by atoms with Crippen LogP contribution in [-0.2, 0) is 0 Å². The lowest BCUT2D eigenvalue weighted by Gasteiger charge is -1.69. The van der Waals surface area contributed by atoms with Gasteiger partial charge >= 0.3 is 0 Å². The van der Waals surface area contributed by atoms with Crippen LogP contribution in [0.1, 0.15) is 13.3 Å². The second-order valence-corrected chi connectivity index (χ2v) is 0.884. The van der Waals surface area contributed by atoms with Gasteiger partial charge in [-0.3, -0.25) is 0 Å². The molecule has 0 unspecified atom stereocenters. The zero-order chi connectivity index (χ0) is 4.83. The number of halogens is 1. The summed E-state index contributed by atoms with van der Waals surface area (Å²) in [6, 6.07) is 0. The molecule has 0 aromatic carbocycles. The first-order valence-corrected chi connectivity index (χ1v) is 1.78. The summed E-state index contributed by atoms with van der Waals surface area (Å²) in [4.78, 5) is 0. The van der Waals surface area contributed by atoms with Crippen LogP contribution in [-0.4, -0.2) is 0 Å². The Kier molecular flexibility index (Phi) is 4.11. The molecule has 0 saturated heterocycles. The molecular formula is C5H6F. The van der Waals surface area contributed by atoms with Crippen molar-refractivity contribution < 1.29 is 4.39 Å². The predicted octanol–water partition coefficient (Wildman–Crippen LogP) is 1.53. The third-order valence-electron chi connectivity index (χ3n) is 0.373. The Hall–Kier alpha value is -0.510. The molecule has 0 fully saturated rings. The number of rotatable bonds is 1. The van der Waals surface area contributed by atoms with Crippen molar-refractivity contribution in [3.8, 4) is 12.1 Å². The first-order chi connectivity index (χ1) is 2.91. The lowest BCUT2D eigenvalue weighted by Crippen LogP contribution is -1.57. The van der Waals surface area contributed by atoms with Crippen molar-refractivity contribution in [1.82, 2.24) is 0 Å². The Morgan fingerprint density at radius 3 is 2.67 bits per heavy atom. The van der Waals surface area contributed by atoms with E-state index < -0.39 is 0 Å².